The van der Waals surface area contributed by atoms with Gasteiger partial charge in [-0.2, -0.15) is 0 Å². The van der Waals surface area contributed by atoms with Crippen molar-refractivity contribution in [2.75, 3.05) is 23.0 Å². The fourth-order valence-corrected chi connectivity index (χ4v) is 3.73. The number of amides is 1. The number of sulfonamides is 1. The van der Waals surface area contributed by atoms with E-state index in [-0.39, 0.29) is 0 Å². The van der Waals surface area contributed by atoms with Crippen LogP contribution in [0.25, 0.3) is 0 Å². The Labute approximate surface area is 159 Å². The van der Waals surface area contributed by atoms with Crippen LogP contribution in [-0.2, 0) is 19.6 Å². The van der Waals surface area contributed by atoms with Crippen LogP contribution in [0.5, 0.6) is 0 Å². The Morgan fingerprint density at radius 1 is 1.04 bits per heavy atom. The molecule has 2 aromatic rings. The summed E-state index contributed by atoms with van der Waals surface area (Å²) in [6, 6.07) is 12.0. The fraction of sp³-hybridized carbons (Fsp3) is 0.263. The molecule has 0 saturated heterocycles. The molecule has 1 N–H and O–H groups in total. The second-order valence-electron chi connectivity index (χ2n) is 6.13. The van der Waals surface area contributed by atoms with E-state index in [1.54, 1.807) is 36.4 Å². The zero-order chi connectivity index (χ0) is 20.2. The molecule has 0 radical (unpaired) electrons. The summed E-state index contributed by atoms with van der Waals surface area (Å²) in [5, 5.41) is 2.66. The van der Waals surface area contributed by atoms with E-state index in [0.717, 1.165) is 16.1 Å². The van der Waals surface area contributed by atoms with Crippen LogP contribution >= 0.6 is 0 Å². The van der Waals surface area contributed by atoms with E-state index in [2.05, 4.69) is 10.1 Å². The summed E-state index contributed by atoms with van der Waals surface area (Å²) in [5.41, 5.74) is 2.18. The van der Waals surface area contributed by atoms with Crippen LogP contribution in [0.2, 0.25) is 0 Å². The molecule has 7 nitrogen and oxygen atoms in total. The van der Waals surface area contributed by atoms with Crippen molar-refractivity contribution < 1.29 is 22.7 Å². The summed E-state index contributed by atoms with van der Waals surface area (Å²) in [7, 11) is -2.40. The monoisotopic (exact) mass is 390 g/mol. The first kappa shape index (κ1) is 20.4. The average Bonchev–Trinajstić information content (AvgIpc) is 2.62. The molecule has 0 unspecified atom stereocenters. The molecule has 0 bridgehead atoms. The normalized spacial score (nSPS) is 12.1. The van der Waals surface area contributed by atoms with Crippen molar-refractivity contribution in [2.45, 2.75) is 19.9 Å². The number of hydrogen-bond acceptors (Lipinski definition) is 5. The standard InChI is InChI=1S/C19H22N2O5S/c1-13-5-11-17(12-6-13)21(27(4,24)25)14(2)18(22)20-16-9-7-15(8-10-16)19(23)26-3/h5-12,14H,1-4H3,(H,20,22)/t14-/m1/s1. The largest absolute Gasteiger partial charge is 0.465 e. The molecule has 0 aliphatic heterocycles. The van der Waals surface area contributed by atoms with Gasteiger partial charge in [-0.25, -0.2) is 13.2 Å². The number of rotatable bonds is 6. The lowest BCUT2D eigenvalue weighted by molar-refractivity contribution is -0.116. The van der Waals surface area contributed by atoms with Gasteiger partial charge in [-0.15, -0.1) is 0 Å². The SMILES string of the molecule is COC(=O)c1ccc(NC(=O)[C@@H](C)N(c2ccc(C)cc2)S(C)(=O)=O)cc1. The van der Waals surface area contributed by atoms with Crippen molar-refractivity contribution in [3.63, 3.8) is 0 Å². The predicted octanol–water partition coefficient (Wildman–Crippen LogP) is 2.57. The highest BCUT2D eigenvalue weighted by atomic mass is 32.2. The highest BCUT2D eigenvalue weighted by Crippen LogP contribution is 2.22. The van der Waals surface area contributed by atoms with Crippen molar-refractivity contribution in [2.24, 2.45) is 0 Å². The number of anilines is 2. The lowest BCUT2D eigenvalue weighted by Crippen LogP contribution is -2.45. The summed E-state index contributed by atoms with van der Waals surface area (Å²) in [6.45, 7) is 3.40. The third-order valence-corrected chi connectivity index (χ3v) is 5.19. The van der Waals surface area contributed by atoms with Crippen molar-refractivity contribution in [3.05, 3.63) is 59.7 Å². The van der Waals surface area contributed by atoms with Gasteiger partial charge in [-0.05, 0) is 50.2 Å². The molecule has 0 fully saturated rings. The molecular weight excluding hydrogens is 368 g/mol. The maximum atomic E-state index is 12.6. The number of esters is 1. The average molecular weight is 390 g/mol. The first-order valence-corrected chi connectivity index (χ1v) is 10.0. The van der Waals surface area contributed by atoms with Crippen LogP contribution in [0.15, 0.2) is 48.5 Å². The molecule has 2 aromatic carbocycles. The Bertz CT molecular complexity index is 922. The number of nitrogens with one attached hydrogen (secondary N) is 1. The van der Waals surface area contributed by atoms with Gasteiger partial charge in [-0.3, -0.25) is 9.10 Å². The molecule has 0 heterocycles. The molecule has 0 saturated carbocycles. The molecule has 144 valence electrons. The van der Waals surface area contributed by atoms with Crippen LogP contribution in [0.1, 0.15) is 22.8 Å². The van der Waals surface area contributed by atoms with Gasteiger partial charge in [0, 0.05) is 5.69 Å². The smallest absolute Gasteiger partial charge is 0.337 e. The predicted molar refractivity (Wildman–Crippen MR) is 104 cm³/mol. The van der Waals surface area contributed by atoms with Crippen LogP contribution in [0, 0.1) is 6.92 Å². The van der Waals surface area contributed by atoms with E-state index in [0.29, 0.717) is 16.9 Å². The Morgan fingerprint density at radius 3 is 2.07 bits per heavy atom. The highest BCUT2D eigenvalue weighted by molar-refractivity contribution is 7.92. The molecule has 0 aromatic heterocycles. The number of ether oxygens (including phenoxy) is 1. The molecule has 0 aliphatic rings. The molecule has 0 aliphatic carbocycles. The first-order chi connectivity index (χ1) is 12.6. The summed E-state index contributed by atoms with van der Waals surface area (Å²) >= 11 is 0. The zero-order valence-corrected chi connectivity index (χ0v) is 16.4. The number of carbonyl (C=O) groups is 2. The van der Waals surface area contributed by atoms with Gasteiger partial charge < -0.3 is 10.1 Å². The molecule has 0 spiro atoms. The van der Waals surface area contributed by atoms with Gasteiger partial charge in [0.05, 0.1) is 24.6 Å². The van der Waals surface area contributed by atoms with Gasteiger partial charge in [0.2, 0.25) is 15.9 Å². The maximum Gasteiger partial charge on any atom is 0.337 e. The number of nitrogens with zero attached hydrogens (tertiary/aromatic N) is 1. The second kappa shape index (κ2) is 8.22. The van der Waals surface area contributed by atoms with Gasteiger partial charge in [0.15, 0.2) is 0 Å². The maximum absolute atomic E-state index is 12.6. The highest BCUT2D eigenvalue weighted by Gasteiger charge is 2.29. The lowest BCUT2D eigenvalue weighted by Gasteiger charge is -2.28. The minimum Gasteiger partial charge on any atom is -0.465 e. The van der Waals surface area contributed by atoms with Crippen LogP contribution < -0.4 is 9.62 Å². The number of benzene rings is 2. The second-order valence-corrected chi connectivity index (χ2v) is 7.99. The third-order valence-electron chi connectivity index (χ3n) is 3.95. The molecule has 1 atom stereocenters. The van der Waals surface area contributed by atoms with E-state index in [4.69, 9.17) is 0 Å². The summed E-state index contributed by atoms with van der Waals surface area (Å²) in [5.74, 6) is -0.976. The van der Waals surface area contributed by atoms with Crippen LogP contribution in [0.4, 0.5) is 11.4 Å². The van der Waals surface area contributed by atoms with E-state index in [1.165, 1.54) is 26.2 Å². The van der Waals surface area contributed by atoms with E-state index in [1.807, 2.05) is 6.92 Å². The number of methoxy groups -OCH3 is 1. The van der Waals surface area contributed by atoms with Crippen LogP contribution in [0.3, 0.4) is 0 Å². The zero-order valence-electron chi connectivity index (χ0n) is 15.6. The summed E-state index contributed by atoms with van der Waals surface area (Å²) in [4.78, 5) is 24.1. The number of carbonyl (C=O) groups excluding carboxylic acids is 2. The molecule has 2 rings (SSSR count). The molecule has 27 heavy (non-hydrogen) atoms. The Balaban J connectivity index is 2.22. The van der Waals surface area contributed by atoms with Gasteiger partial charge in [-0.1, -0.05) is 17.7 Å². The molecular formula is C19H22N2O5S. The minimum atomic E-state index is -3.68. The minimum absolute atomic E-state index is 0.348. The Morgan fingerprint density at radius 2 is 1.59 bits per heavy atom. The van der Waals surface area contributed by atoms with Crippen molar-refractivity contribution in [1.29, 1.82) is 0 Å². The van der Waals surface area contributed by atoms with Crippen molar-refractivity contribution in [3.8, 4) is 0 Å². The fourth-order valence-electron chi connectivity index (χ4n) is 2.55. The number of hydrogen-bond donors (Lipinski definition) is 1. The van der Waals surface area contributed by atoms with Crippen LogP contribution in [-0.4, -0.2) is 39.7 Å². The molecule has 8 heteroatoms. The van der Waals surface area contributed by atoms with Gasteiger partial charge >= 0.3 is 5.97 Å². The Kier molecular flexibility index (Phi) is 6.22. The number of aryl methyl sites for hydroxylation is 1. The van der Waals surface area contributed by atoms with Crippen molar-refractivity contribution in [1.82, 2.24) is 0 Å². The topological polar surface area (TPSA) is 92.8 Å². The third kappa shape index (κ3) is 5.07. The van der Waals surface area contributed by atoms with Gasteiger partial charge in [0.1, 0.15) is 6.04 Å². The van der Waals surface area contributed by atoms with E-state index >= 15 is 0 Å². The van der Waals surface area contributed by atoms with E-state index in [9.17, 15) is 18.0 Å². The van der Waals surface area contributed by atoms with Crippen molar-refractivity contribution >= 4 is 33.3 Å². The van der Waals surface area contributed by atoms with Gasteiger partial charge in [0.25, 0.3) is 0 Å². The Hall–Kier alpha value is -2.87. The summed E-state index contributed by atoms with van der Waals surface area (Å²) in [6.07, 6.45) is 1.06. The first-order valence-electron chi connectivity index (χ1n) is 8.19. The quantitative estimate of drug-likeness (QED) is 0.765. The lowest BCUT2D eigenvalue weighted by atomic mass is 10.2. The van der Waals surface area contributed by atoms with E-state index < -0.39 is 27.9 Å². The summed E-state index contributed by atoms with van der Waals surface area (Å²) < 4.78 is 30.2. The molecule has 1 amide bonds.